The van der Waals surface area contributed by atoms with Crippen molar-refractivity contribution in [2.75, 3.05) is 5.32 Å². The molecule has 1 heterocycles. The van der Waals surface area contributed by atoms with Gasteiger partial charge in [0.05, 0.1) is 0 Å². The number of carboxylic acid groups (broad SMARTS) is 1. The fraction of sp³-hybridized carbons (Fsp3) is 0.158. The minimum absolute atomic E-state index is 0.175. The van der Waals surface area contributed by atoms with Gasteiger partial charge in [0.15, 0.2) is 5.76 Å². The van der Waals surface area contributed by atoms with E-state index in [4.69, 9.17) is 9.52 Å². The second kappa shape index (κ2) is 5.98. The number of nitrogens with one attached hydrogen (secondary N) is 1. The Morgan fingerprint density at radius 3 is 2.44 bits per heavy atom. The molecule has 0 atom stereocenters. The quantitative estimate of drug-likeness (QED) is 0.626. The van der Waals surface area contributed by atoms with Gasteiger partial charge in [-0.05, 0) is 50.1 Å². The van der Waals surface area contributed by atoms with Crippen LogP contribution in [0.5, 0.6) is 5.75 Å². The van der Waals surface area contributed by atoms with Crippen LogP contribution in [-0.4, -0.2) is 22.1 Å². The summed E-state index contributed by atoms with van der Waals surface area (Å²) in [6, 6.07) is 7.73. The number of benzene rings is 2. The molecule has 25 heavy (non-hydrogen) atoms. The largest absolute Gasteiger partial charge is 0.507 e. The van der Waals surface area contributed by atoms with E-state index in [2.05, 4.69) is 5.32 Å². The van der Waals surface area contributed by atoms with Crippen LogP contribution in [0.2, 0.25) is 0 Å². The third-order valence-corrected chi connectivity index (χ3v) is 4.32. The van der Waals surface area contributed by atoms with Gasteiger partial charge in [-0.15, -0.1) is 0 Å². The minimum Gasteiger partial charge on any atom is -0.507 e. The van der Waals surface area contributed by atoms with Crippen molar-refractivity contribution in [2.45, 2.75) is 20.8 Å². The van der Waals surface area contributed by atoms with E-state index in [9.17, 15) is 14.7 Å². The number of furan rings is 1. The molecule has 3 aromatic rings. The standard InChI is InChI=1S/C19H17NO5/c1-9-4-6-13-11(3)17(25-16(13)10(9)2)18(22)20-12-5-7-15(21)14(8-12)19(23)24/h4-8,21H,1-3H3,(H,20,22)(H,23,24). The van der Waals surface area contributed by atoms with Crippen molar-refractivity contribution in [3.05, 3.63) is 58.3 Å². The molecule has 0 aliphatic rings. The predicted molar refractivity (Wildman–Crippen MR) is 93.4 cm³/mol. The number of rotatable bonds is 3. The number of carbonyl (C=O) groups is 2. The highest BCUT2D eigenvalue weighted by atomic mass is 16.4. The smallest absolute Gasteiger partial charge is 0.339 e. The summed E-state index contributed by atoms with van der Waals surface area (Å²) in [5, 5.41) is 22.1. The third-order valence-electron chi connectivity index (χ3n) is 4.32. The van der Waals surface area contributed by atoms with E-state index in [0.29, 0.717) is 11.1 Å². The van der Waals surface area contributed by atoms with Crippen molar-refractivity contribution < 1.29 is 24.2 Å². The van der Waals surface area contributed by atoms with Crippen molar-refractivity contribution in [1.82, 2.24) is 0 Å². The molecule has 6 heteroatoms. The molecule has 0 aliphatic heterocycles. The van der Waals surface area contributed by atoms with Gasteiger partial charge in [0.25, 0.3) is 5.91 Å². The summed E-state index contributed by atoms with van der Waals surface area (Å²) in [6.45, 7) is 5.70. The number of carbonyl (C=O) groups excluding carboxylic acids is 1. The Balaban J connectivity index is 1.98. The Bertz CT molecular complexity index is 1020. The lowest BCUT2D eigenvalue weighted by Crippen LogP contribution is -2.12. The minimum atomic E-state index is -1.28. The predicted octanol–water partition coefficient (Wildman–Crippen LogP) is 4.01. The third kappa shape index (κ3) is 2.82. The van der Waals surface area contributed by atoms with Crippen molar-refractivity contribution in [3.8, 4) is 5.75 Å². The molecule has 128 valence electrons. The van der Waals surface area contributed by atoms with Crippen molar-refractivity contribution in [1.29, 1.82) is 0 Å². The normalized spacial score (nSPS) is 10.8. The lowest BCUT2D eigenvalue weighted by Gasteiger charge is -2.06. The van der Waals surface area contributed by atoms with E-state index in [1.54, 1.807) is 6.92 Å². The average Bonchev–Trinajstić information content (AvgIpc) is 2.90. The Labute approximate surface area is 143 Å². The first kappa shape index (κ1) is 16.6. The molecule has 0 radical (unpaired) electrons. The summed E-state index contributed by atoms with van der Waals surface area (Å²) in [5.41, 5.74) is 3.39. The molecule has 6 nitrogen and oxygen atoms in total. The van der Waals surface area contributed by atoms with Gasteiger partial charge in [-0.3, -0.25) is 4.79 Å². The monoisotopic (exact) mass is 339 g/mol. The van der Waals surface area contributed by atoms with Crippen LogP contribution in [-0.2, 0) is 0 Å². The van der Waals surface area contributed by atoms with Gasteiger partial charge < -0.3 is 19.9 Å². The summed E-state index contributed by atoms with van der Waals surface area (Å²) < 4.78 is 5.77. The summed E-state index contributed by atoms with van der Waals surface area (Å²) in [7, 11) is 0. The highest BCUT2D eigenvalue weighted by molar-refractivity contribution is 6.07. The maximum Gasteiger partial charge on any atom is 0.339 e. The molecule has 1 amide bonds. The Kier molecular flexibility index (Phi) is 3.96. The van der Waals surface area contributed by atoms with E-state index >= 15 is 0 Å². The highest BCUT2D eigenvalue weighted by Gasteiger charge is 2.20. The van der Waals surface area contributed by atoms with Crippen molar-refractivity contribution in [2.24, 2.45) is 0 Å². The summed E-state index contributed by atoms with van der Waals surface area (Å²) in [6.07, 6.45) is 0. The van der Waals surface area contributed by atoms with E-state index in [-0.39, 0.29) is 22.8 Å². The summed E-state index contributed by atoms with van der Waals surface area (Å²) >= 11 is 0. The number of aromatic hydroxyl groups is 1. The number of aryl methyl sites for hydroxylation is 3. The van der Waals surface area contributed by atoms with Gasteiger partial charge in [-0.25, -0.2) is 4.79 Å². The molecular formula is C19H17NO5. The molecule has 0 fully saturated rings. The molecule has 0 saturated carbocycles. The Morgan fingerprint density at radius 1 is 1.04 bits per heavy atom. The molecule has 3 N–H and O–H groups in total. The summed E-state index contributed by atoms with van der Waals surface area (Å²) in [5.74, 6) is -1.95. The van der Waals surface area contributed by atoms with Crippen LogP contribution in [0.3, 0.4) is 0 Å². The number of hydrogen-bond acceptors (Lipinski definition) is 4. The number of amides is 1. The number of anilines is 1. The Morgan fingerprint density at radius 2 is 1.76 bits per heavy atom. The molecular weight excluding hydrogens is 322 g/mol. The topological polar surface area (TPSA) is 99.8 Å². The number of carboxylic acids is 1. The van der Waals surface area contributed by atoms with Crippen LogP contribution in [0, 0.1) is 20.8 Å². The van der Waals surface area contributed by atoms with Crippen LogP contribution in [0.1, 0.15) is 37.6 Å². The molecule has 0 bridgehead atoms. The summed E-state index contributed by atoms with van der Waals surface area (Å²) in [4.78, 5) is 23.6. The van der Waals surface area contributed by atoms with Crippen LogP contribution in [0.4, 0.5) is 5.69 Å². The second-order valence-electron chi connectivity index (χ2n) is 5.93. The van der Waals surface area contributed by atoms with Crippen LogP contribution in [0.25, 0.3) is 11.0 Å². The number of hydrogen-bond donors (Lipinski definition) is 3. The van der Waals surface area contributed by atoms with Gasteiger partial charge in [0.1, 0.15) is 16.9 Å². The zero-order chi connectivity index (χ0) is 18.3. The van der Waals surface area contributed by atoms with Gasteiger partial charge in [0, 0.05) is 16.6 Å². The highest BCUT2D eigenvalue weighted by Crippen LogP contribution is 2.30. The van der Waals surface area contributed by atoms with Gasteiger partial charge >= 0.3 is 5.97 Å². The maximum absolute atomic E-state index is 12.6. The van der Waals surface area contributed by atoms with E-state index in [1.165, 1.54) is 18.2 Å². The number of phenols is 1. The molecule has 0 saturated heterocycles. The van der Waals surface area contributed by atoms with Crippen molar-refractivity contribution >= 4 is 28.5 Å². The van der Waals surface area contributed by atoms with E-state index in [0.717, 1.165) is 16.5 Å². The fourth-order valence-corrected chi connectivity index (χ4v) is 2.71. The first-order valence-electron chi connectivity index (χ1n) is 7.66. The number of fused-ring (bicyclic) bond motifs is 1. The first-order valence-corrected chi connectivity index (χ1v) is 7.66. The molecule has 0 aliphatic carbocycles. The van der Waals surface area contributed by atoms with Gasteiger partial charge in [-0.1, -0.05) is 12.1 Å². The molecule has 0 unspecified atom stereocenters. The SMILES string of the molecule is Cc1ccc2c(C)c(C(=O)Nc3ccc(O)c(C(=O)O)c3)oc2c1C. The first-order chi connectivity index (χ1) is 11.8. The van der Waals surface area contributed by atoms with E-state index < -0.39 is 11.9 Å². The second-order valence-corrected chi connectivity index (χ2v) is 5.93. The molecule has 1 aromatic heterocycles. The Hall–Kier alpha value is -3.28. The van der Waals surface area contributed by atoms with Crippen LogP contribution >= 0.6 is 0 Å². The zero-order valence-electron chi connectivity index (χ0n) is 14.0. The zero-order valence-corrected chi connectivity index (χ0v) is 14.0. The maximum atomic E-state index is 12.6. The molecule has 2 aromatic carbocycles. The average molecular weight is 339 g/mol. The molecule has 3 rings (SSSR count). The van der Waals surface area contributed by atoms with Crippen LogP contribution < -0.4 is 5.32 Å². The fourth-order valence-electron chi connectivity index (χ4n) is 2.71. The van der Waals surface area contributed by atoms with Gasteiger partial charge in [-0.2, -0.15) is 0 Å². The van der Waals surface area contributed by atoms with Crippen molar-refractivity contribution in [3.63, 3.8) is 0 Å². The number of aromatic carboxylic acids is 1. The van der Waals surface area contributed by atoms with E-state index in [1.807, 2.05) is 26.0 Å². The molecule has 0 spiro atoms. The lowest BCUT2D eigenvalue weighted by atomic mass is 10.0. The van der Waals surface area contributed by atoms with Gasteiger partial charge in [0.2, 0.25) is 0 Å². The lowest BCUT2D eigenvalue weighted by molar-refractivity contribution is 0.0693. The van der Waals surface area contributed by atoms with Crippen LogP contribution in [0.15, 0.2) is 34.7 Å².